The molecule has 172 valence electrons. The number of aromatic nitrogens is 1. The molecule has 2 amide bonds. The summed E-state index contributed by atoms with van der Waals surface area (Å²) in [6, 6.07) is 10.9. The molecule has 0 bridgehead atoms. The minimum absolute atomic E-state index is 0.140. The molecule has 3 rings (SSSR count). The standard InChI is InChI=1S/C24H32N4O4/c1-16-14-28(15-17(2)32-16)23-10-5-19(12-25-23)13-26-24(30)11-22(27-18(3)29)20-6-8-21(31-4)9-7-20/h5-10,12,16-17,22H,11,13-15H2,1-4H3,(H,26,30)(H,27,29). The zero-order chi connectivity index (χ0) is 23.1. The zero-order valence-electron chi connectivity index (χ0n) is 19.1. The third kappa shape index (κ3) is 6.68. The number of rotatable bonds is 8. The molecule has 1 aromatic heterocycles. The Balaban J connectivity index is 1.55. The third-order valence-electron chi connectivity index (χ3n) is 5.33. The Kier molecular flexibility index (Phi) is 8.05. The highest BCUT2D eigenvalue weighted by molar-refractivity contribution is 5.79. The fraction of sp³-hybridized carbons (Fsp3) is 0.458. The number of morpholine rings is 1. The van der Waals surface area contributed by atoms with Crippen molar-refractivity contribution in [3.05, 3.63) is 53.7 Å². The molecule has 3 atom stereocenters. The van der Waals surface area contributed by atoms with E-state index in [2.05, 4.69) is 34.4 Å². The summed E-state index contributed by atoms with van der Waals surface area (Å²) in [5.41, 5.74) is 1.76. The Hall–Kier alpha value is -3.13. The van der Waals surface area contributed by atoms with Crippen molar-refractivity contribution in [3.63, 3.8) is 0 Å². The van der Waals surface area contributed by atoms with E-state index >= 15 is 0 Å². The van der Waals surface area contributed by atoms with Gasteiger partial charge in [0.1, 0.15) is 11.6 Å². The van der Waals surface area contributed by atoms with Gasteiger partial charge in [0, 0.05) is 32.8 Å². The van der Waals surface area contributed by atoms with Crippen LogP contribution in [0, 0.1) is 0 Å². The van der Waals surface area contributed by atoms with Gasteiger partial charge in [-0.05, 0) is 43.2 Å². The Morgan fingerprint density at radius 1 is 1.16 bits per heavy atom. The lowest BCUT2D eigenvalue weighted by Crippen LogP contribution is -2.45. The molecule has 0 radical (unpaired) electrons. The highest BCUT2D eigenvalue weighted by Crippen LogP contribution is 2.21. The van der Waals surface area contributed by atoms with Gasteiger partial charge < -0.3 is 25.0 Å². The predicted octanol–water partition coefficient (Wildman–Crippen LogP) is 2.59. The van der Waals surface area contributed by atoms with E-state index in [-0.39, 0.29) is 30.4 Å². The number of hydrogen-bond acceptors (Lipinski definition) is 6. The first kappa shape index (κ1) is 23.5. The van der Waals surface area contributed by atoms with Gasteiger partial charge in [0.05, 0.1) is 31.8 Å². The molecule has 32 heavy (non-hydrogen) atoms. The molecule has 2 heterocycles. The minimum Gasteiger partial charge on any atom is -0.497 e. The fourth-order valence-electron chi connectivity index (χ4n) is 3.87. The van der Waals surface area contributed by atoms with E-state index in [1.165, 1.54) is 6.92 Å². The van der Waals surface area contributed by atoms with Crippen molar-refractivity contribution in [2.45, 2.75) is 52.0 Å². The summed E-state index contributed by atoms with van der Waals surface area (Å²) in [7, 11) is 1.59. The van der Waals surface area contributed by atoms with Gasteiger partial charge in [0.15, 0.2) is 0 Å². The number of ether oxygens (including phenoxy) is 2. The van der Waals surface area contributed by atoms with Gasteiger partial charge in [0.2, 0.25) is 11.8 Å². The van der Waals surface area contributed by atoms with Crippen LogP contribution in [-0.4, -0.2) is 49.2 Å². The number of hydrogen-bond donors (Lipinski definition) is 2. The lowest BCUT2D eigenvalue weighted by Gasteiger charge is -2.36. The average molecular weight is 441 g/mol. The summed E-state index contributed by atoms with van der Waals surface area (Å²) >= 11 is 0. The Bertz CT molecular complexity index is 891. The molecular weight excluding hydrogens is 408 g/mol. The molecule has 1 saturated heterocycles. The smallest absolute Gasteiger partial charge is 0.222 e. The SMILES string of the molecule is COc1ccc(C(CC(=O)NCc2ccc(N3CC(C)OC(C)C3)nc2)NC(C)=O)cc1. The topological polar surface area (TPSA) is 92.8 Å². The summed E-state index contributed by atoms with van der Waals surface area (Å²) in [5.74, 6) is 1.29. The Labute approximate surface area is 189 Å². The molecule has 1 aromatic carbocycles. The summed E-state index contributed by atoms with van der Waals surface area (Å²) in [5, 5.41) is 5.76. The molecule has 3 unspecified atom stereocenters. The summed E-state index contributed by atoms with van der Waals surface area (Å²) in [4.78, 5) is 31.0. The van der Waals surface area contributed by atoms with Crippen molar-refractivity contribution in [3.8, 4) is 5.75 Å². The number of benzene rings is 1. The van der Waals surface area contributed by atoms with Gasteiger partial charge in [-0.1, -0.05) is 18.2 Å². The summed E-state index contributed by atoms with van der Waals surface area (Å²) in [6.07, 6.45) is 2.26. The average Bonchev–Trinajstić information content (AvgIpc) is 2.77. The van der Waals surface area contributed by atoms with E-state index in [1.807, 2.05) is 36.4 Å². The van der Waals surface area contributed by atoms with Crippen molar-refractivity contribution in [2.75, 3.05) is 25.1 Å². The van der Waals surface area contributed by atoms with Crippen LogP contribution < -0.4 is 20.3 Å². The maximum Gasteiger partial charge on any atom is 0.222 e. The lowest BCUT2D eigenvalue weighted by molar-refractivity contribution is -0.122. The predicted molar refractivity (Wildman–Crippen MR) is 122 cm³/mol. The van der Waals surface area contributed by atoms with Crippen molar-refractivity contribution in [1.29, 1.82) is 0 Å². The number of amides is 2. The van der Waals surface area contributed by atoms with Gasteiger partial charge in [-0.3, -0.25) is 9.59 Å². The van der Waals surface area contributed by atoms with Crippen LogP contribution >= 0.6 is 0 Å². The maximum absolute atomic E-state index is 12.6. The normalized spacial score (nSPS) is 19.2. The van der Waals surface area contributed by atoms with Crippen molar-refractivity contribution in [2.24, 2.45) is 0 Å². The molecule has 0 saturated carbocycles. The Morgan fingerprint density at radius 3 is 2.41 bits per heavy atom. The number of methoxy groups -OCH3 is 1. The first-order valence-corrected chi connectivity index (χ1v) is 10.9. The second kappa shape index (κ2) is 10.9. The molecular formula is C24H32N4O4. The van der Waals surface area contributed by atoms with Gasteiger partial charge in [0.25, 0.3) is 0 Å². The number of carbonyl (C=O) groups is 2. The quantitative estimate of drug-likeness (QED) is 0.656. The molecule has 2 aromatic rings. The van der Waals surface area contributed by atoms with Crippen LogP contribution in [-0.2, 0) is 20.9 Å². The molecule has 1 fully saturated rings. The summed E-state index contributed by atoms with van der Waals surface area (Å²) < 4.78 is 11.0. The molecule has 8 heteroatoms. The third-order valence-corrected chi connectivity index (χ3v) is 5.33. The molecule has 1 aliphatic heterocycles. The van der Waals surface area contributed by atoms with Crippen LogP contribution in [0.2, 0.25) is 0 Å². The van der Waals surface area contributed by atoms with Crippen molar-refractivity contribution < 1.29 is 19.1 Å². The van der Waals surface area contributed by atoms with E-state index in [9.17, 15) is 9.59 Å². The largest absolute Gasteiger partial charge is 0.497 e. The molecule has 1 aliphatic rings. The molecule has 0 aliphatic carbocycles. The van der Waals surface area contributed by atoms with Gasteiger partial charge >= 0.3 is 0 Å². The lowest BCUT2D eigenvalue weighted by atomic mass is 10.0. The highest BCUT2D eigenvalue weighted by Gasteiger charge is 2.23. The van der Waals surface area contributed by atoms with Crippen LogP contribution in [0.1, 0.15) is 44.4 Å². The van der Waals surface area contributed by atoms with Gasteiger partial charge in [-0.15, -0.1) is 0 Å². The highest BCUT2D eigenvalue weighted by atomic mass is 16.5. The fourth-order valence-corrected chi connectivity index (χ4v) is 3.87. The van der Waals surface area contributed by atoms with Gasteiger partial charge in [-0.25, -0.2) is 4.98 Å². The van der Waals surface area contributed by atoms with Crippen LogP contribution in [0.3, 0.4) is 0 Å². The second-order valence-corrected chi connectivity index (χ2v) is 8.19. The number of nitrogens with zero attached hydrogens (tertiary/aromatic N) is 2. The van der Waals surface area contributed by atoms with Crippen LogP contribution in [0.25, 0.3) is 0 Å². The van der Waals surface area contributed by atoms with E-state index in [0.29, 0.717) is 6.54 Å². The number of nitrogens with one attached hydrogen (secondary N) is 2. The second-order valence-electron chi connectivity index (χ2n) is 8.19. The van der Waals surface area contributed by atoms with E-state index in [1.54, 1.807) is 13.3 Å². The number of carbonyl (C=O) groups excluding carboxylic acids is 2. The maximum atomic E-state index is 12.6. The first-order chi connectivity index (χ1) is 15.3. The molecule has 0 spiro atoms. The molecule has 2 N–H and O–H groups in total. The molecule has 8 nitrogen and oxygen atoms in total. The van der Waals surface area contributed by atoms with E-state index in [0.717, 1.165) is 35.8 Å². The van der Waals surface area contributed by atoms with Crippen LogP contribution in [0.15, 0.2) is 42.6 Å². The van der Waals surface area contributed by atoms with E-state index < -0.39 is 6.04 Å². The summed E-state index contributed by atoms with van der Waals surface area (Å²) in [6.45, 7) is 7.56. The van der Waals surface area contributed by atoms with Crippen LogP contribution in [0.5, 0.6) is 5.75 Å². The van der Waals surface area contributed by atoms with E-state index in [4.69, 9.17) is 9.47 Å². The zero-order valence-corrected chi connectivity index (χ0v) is 19.1. The van der Waals surface area contributed by atoms with Crippen molar-refractivity contribution >= 4 is 17.6 Å². The minimum atomic E-state index is -0.413. The Morgan fingerprint density at radius 2 is 1.84 bits per heavy atom. The van der Waals surface area contributed by atoms with Crippen molar-refractivity contribution in [1.82, 2.24) is 15.6 Å². The number of pyridine rings is 1. The number of anilines is 1. The van der Waals surface area contributed by atoms with Gasteiger partial charge in [-0.2, -0.15) is 0 Å². The van der Waals surface area contributed by atoms with Crippen LogP contribution in [0.4, 0.5) is 5.82 Å². The monoisotopic (exact) mass is 440 g/mol. The first-order valence-electron chi connectivity index (χ1n) is 10.9.